The second kappa shape index (κ2) is 6.16. The Labute approximate surface area is 132 Å². The van der Waals surface area contributed by atoms with Crippen LogP contribution in [0, 0.1) is 6.92 Å². The molecular formula is C15H21NO5S. The number of nitrogens with zero attached hydrogens (tertiary/aromatic N) is 1. The quantitative estimate of drug-likeness (QED) is 0.843. The Balaban J connectivity index is 2.19. The first-order chi connectivity index (χ1) is 10.2. The van der Waals surface area contributed by atoms with Crippen LogP contribution < -0.4 is 4.18 Å². The highest BCUT2D eigenvalue weighted by molar-refractivity contribution is 7.67. The van der Waals surface area contributed by atoms with Crippen LogP contribution in [-0.4, -0.2) is 31.6 Å². The fourth-order valence-electron chi connectivity index (χ4n) is 2.45. The number of carbonyl (C=O) groups is 1. The molecule has 0 aromatic heterocycles. The fourth-order valence-corrected chi connectivity index (χ4v) is 2.73. The summed E-state index contributed by atoms with van der Waals surface area (Å²) in [6.07, 6.45) is 0.308. The molecule has 1 aliphatic rings. The number of carbonyl (C=O) groups excluding carboxylic acids is 1. The average Bonchev–Trinajstić information content (AvgIpc) is 2.35. The average molecular weight is 327 g/mol. The molecule has 0 spiro atoms. The molecule has 1 amide bonds. The van der Waals surface area contributed by atoms with Gasteiger partial charge in [-0.3, -0.25) is 0 Å². The van der Waals surface area contributed by atoms with E-state index in [0.29, 0.717) is 25.3 Å². The van der Waals surface area contributed by atoms with Gasteiger partial charge in [-0.15, -0.1) is 0 Å². The van der Waals surface area contributed by atoms with Crippen molar-refractivity contribution in [1.29, 1.82) is 0 Å². The van der Waals surface area contributed by atoms with Gasteiger partial charge in [0.25, 0.3) is 11.0 Å². The lowest BCUT2D eigenvalue weighted by Gasteiger charge is -2.32. The summed E-state index contributed by atoms with van der Waals surface area (Å²) in [5.41, 5.74) is 2.40. The SMILES string of the molecule is Cc1cc(O[SH](=O)=O)cc2c1CN(C(=O)OC(C)(C)C)CC2. The van der Waals surface area contributed by atoms with E-state index in [4.69, 9.17) is 8.92 Å². The lowest BCUT2D eigenvalue weighted by molar-refractivity contribution is 0.0223. The lowest BCUT2D eigenvalue weighted by atomic mass is 9.95. The van der Waals surface area contributed by atoms with Crippen LogP contribution in [0.1, 0.15) is 37.5 Å². The number of benzene rings is 1. The van der Waals surface area contributed by atoms with E-state index in [2.05, 4.69) is 0 Å². The number of hydrogen-bond donors (Lipinski definition) is 1. The standard InChI is InChI=1S/C15H21NO5S/c1-10-7-12(21-22(18)19)8-11-5-6-16(9-13(10)11)14(17)20-15(2,3)4/h7-8,22H,5-6,9H2,1-4H3. The van der Waals surface area contributed by atoms with E-state index in [1.54, 1.807) is 17.0 Å². The molecule has 1 aromatic rings. The number of ether oxygens (including phenoxy) is 1. The van der Waals surface area contributed by atoms with Crippen LogP contribution in [0.25, 0.3) is 0 Å². The van der Waals surface area contributed by atoms with E-state index in [0.717, 1.165) is 16.7 Å². The number of thiol groups is 1. The molecule has 22 heavy (non-hydrogen) atoms. The minimum absolute atomic E-state index is 0.318. The molecule has 1 aromatic carbocycles. The van der Waals surface area contributed by atoms with E-state index in [1.165, 1.54) is 0 Å². The van der Waals surface area contributed by atoms with Gasteiger partial charge in [0.2, 0.25) is 0 Å². The van der Waals surface area contributed by atoms with E-state index < -0.39 is 16.6 Å². The minimum Gasteiger partial charge on any atom is -0.444 e. The van der Waals surface area contributed by atoms with Crippen molar-refractivity contribution in [2.45, 2.75) is 46.3 Å². The van der Waals surface area contributed by atoms with Crippen molar-refractivity contribution in [3.05, 3.63) is 28.8 Å². The van der Waals surface area contributed by atoms with E-state index in [1.807, 2.05) is 27.7 Å². The van der Waals surface area contributed by atoms with Crippen molar-refractivity contribution >= 4 is 17.1 Å². The summed E-state index contributed by atoms with van der Waals surface area (Å²) < 4.78 is 31.5. The first kappa shape index (κ1) is 16.6. The van der Waals surface area contributed by atoms with Gasteiger partial charge in [-0.2, -0.15) is 8.42 Å². The highest BCUT2D eigenvalue weighted by Gasteiger charge is 2.26. The van der Waals surface area contributed by atoms with Crippen LogP contribution in [0.3, 0.4) is 0 Å². The van der Waals surface area contributed by atoms with Crippen molar-refractivity contribution < 1.29 is 22.1 Å². The number of amides is 1. The van der Waals surface area contributed by atoms with Gasteiger partial charge in [-0.05, 0) is 62.9 Å². The Morgan fingerprint density at radius 2 is 1.95 bits per heavy atom. The maximum atomic E-state index is 12.1. The van der Waals surface area contributed by atoms with E-state index in [-0.39, 0.29) is 6.09 Å². The molecule has 0 bridgehead atoms. The predicted molar refractivity (Wildman–Crippen MR) is 82.5 cm³/mol. The molecule has 0 unspecified atom stereocenters. The zero-order valence-corrected chi connectivity index (χ0v) is 14.1. The summed E-state index contributed by atoms with van der Waals surface area (Å²) in [5, 5.41) is 0. The van der Waals surface area contributed by atoms with Crippen molar-refractivity contribution in [1.82, 2.24) is 4.90 Å². The Bertz CT molecular complexity index is 653. The molecule has 6 nitrogen and oxygen atoms in total. The van der Waals surface area contributed by atoms with E-state index >= 15 is 0 Å². The Hall–Kier alpha value is -1.76. The molecule has 1 aliphatic heterocycles. The first-order valence-electron chi connectivity index (χ1n) is 7.08. The van der Waals surface area contributed by atoms with Gasteiger partial charge in [0.1, 0.15) is 11.4 Å². The fraction of sp³-hybridized carbons (Fsp3) is 0.533. The molecule has 2 rings (SSSR count). The van der Waals surface area contributed by atoms with Crippen LogP contribution in [0.15, 0.2) is 12.1 Å². The highest BCUT2D eigenvalue weighted by atomic mass is 32.2. The minimum atomic E-state index is -2.92. The molecule has 0 aliphatic carbocycles. The van der Waals surface area contributed by atoms with Gasteiger partial charge in [0, 0.05) is 13.1 Å². The molecule has 0 saturated carbocycles. The maximum absolute atomic E-state index is 12.1. The third kappa shape index (κ3) is 4.13. The summed E-state index contributed by atoms with van der Waals surface area (Å²) in [6, 6.07) is 3.39. The topological polar surface area (TPSA) is 72.9 Å². The summed E-state index contributed by atoms with van der Waals surface area (Å²) in [7, 11) is -2.92. The largest absolute Gasteiger partial charge is 0.444 e. The van der Waals surface area contributed by atoms with Gasteiger partial charge in [-0.1, -0.05) is 0 Å². The number of aryl methyl sites for hydroxylation is 1. The first-order valence-corrected chi connectivity index (χ1v) is 8.18. The summed E-state index contributed by atoms with van der Waals surface area (Å²) in [4.78, 5) is 13.8. The van der Waals surface area contributed by atoms with E-state index in [9.17, 15) is 13.2 Å². The third-order valence-corrected chi connectivity index (χ3v) is 3.73. The van der Waals surface area contributed by atoms with Gasteiger partial charge < -0.3 is 13.8 Å². The van der Waals surface area contributed by atoms with Crippen molar-refractivity contribution in [3.8, 4) is 5.75 Å². The van der Waals surface area contributed by atoms with Crippen LogP contribution in [0.5, 0.6) is 5.75 Å². The molecule has 0 saturated heterocycles. The summed E-state index contributed by atoms with van der Waals surface area (Å²) in [6.45, 7) is 8.38. The molecule has 0 fully saturated rings. The molecular weight excluding hydrogens is 306 g/mol. The van der Waals surface area contributed by atoms with Gasteiger partial charge in [0.05, 0.1) is 0 Å². The highest BCUT2D eigenvalue weighted by Crippen LogP contribution is 2.28. The molecule has 0 atom stereocenters. The normalized spacial score (nSPS) is 14.7. The Morgan fingerprint density at radius 1 is 1.27 bits per heavy atom. The van der Waals surface area contributed by atoms with Crippen molar-refractivity contribution in [2.24, 2.45) is 0 Å². The van der Waals surface area contributed by atoms with Gasteiger partial charge >= 0.3 is 6.09 Å². The molecule has 1 heterocycles. The Kier molecular flexibility index (Phi) is 4.65. The molecule has 7 heteroatoms. The maximum Gasteiger partial charge on any atom is 0.410 e. The smallest absolute Gasteiger partial charge is 0.410 e. The zero-order valence-electron chi connectivity index (χ0n) is 13.2. The van der Waals surface area contributed by atoms with Crippen LogP contribution in [0.2, 0.25) is 0 Å². The van der Waals surface area contributed by atoms with Crippen molar-refractivity contribution in [3.63, 3.8) is 0 Å². The second-order valence-electron chi connectivity index (χ2n) is 6.34. The third-order valence-electron chi connectivity index (χ3n) is 3.37. The van der Waals surface area contributed by atoms with Crippen LogP contribution in [-0.2, 0) is 28.7 Å². The molecule has 0 radical (unpaired) electrons. The second-order valence-corrected chi connectivity index (χ2v) is 6.97. The van der Waals surface area contributed by atoms with Gasteiger partial charge in [-0.25, -0.2) is 4.79 Å². The van der Waals surface area contributed by atoms with Crippen LogP contribution >= 0.6 is 0 Å². The predicted octanol–water partition coefficient (Wildman–Crippen LogP) is 2.19. The number of rotatable bonds is 2. The monoisotopic (exact) mass is 327 g/mol. The molecule has 0 N–H and O–H groups in total. The van der Waals surface area contributed by atoms with Crippen LogP contribution in [0.4, 0.5) is 4.79 Å². The molecule has 122 valence electrons. The van der Waals surface area contributed by atoms with Crippen molar-refractivity contribution in [2.75, 3.05) is 6.54 Å². The number of fused-ring (bicyclic) bond motifs is 1. The Morgan fingerprint density at radius 3 is 2.55 bits per heavy atom. The number of hydrogen-bond acceptors (Lipinski definition) is 5. The summed E-state index contributed by atoms with van der Waals surface area (Å²) >= 11 is 0. The summed E-state index contributed by atoms with van der Waals surface area (Å²) in [5.74, 6) is 0.318. The lowest BCUT2D eigenvalue weighted by Crippen LogP contribution is -2.40. The zero-order chi connectivity index (χ0) is 16.5. The van der Waals surface area contributed by atoms with Gasteiger partial charge in [0.15, 0.2) is 0 Å².